The van der Waals surface area contributed by atoms with E-state index in [1.807, 2.05) is 13.0 Å². The lowest BCUT2D eigenvalue weighted by Gasteiger charge is -2.07. The molecule has 0 radical (unpaired) electrons. The van der Waals surface area contributed by atoms with Crippen LogP contribution in [0.1, 0.15) is 11.3 Å². The van der Waals surface area contributed by atoms with Crippen molar-refractivity contribution >= 4 is 44.1 Å². The van der Waals surface area contributed by atoms with Crippen molar-refractivity contribution in [1.82, 2.24) is 9.97 Å². The molecule has 0 saturated heterocycles. The Hall–Kier alpha value is -0.520. The van der Waals surface area contributed by atoms with Crippen LogP contribution in [-0.4, -0.2) is 9.97 Å². The zero-order chi connectivity index (χ0) is 12.6. The highest BCUT2D eigenvalue weighted by atomic mass is 79.9. The van der Waals surface area contributed by atoms with E-state index in [4.69, 9.17) is 12.2 Å². The zero-order valence-electron chi connectivity index (χ0n) is 9.34. The summed E-state index contributed by atoms with van der Waals surface area (Å²) in [5.41, 5.74) is 3.19. The van der Waals surface area contributed by atoms with Gasteiger partial charge in [0.15, 0.2) is 0 Å². The van der Waals surface area contributed by atoms with E-state index >= 15 is 0 Å². The van der Waals surface area contributed by atoms with E-state index in [-0.39, 0.29) is 0 Å². The Bertz CT molecular complexity index is 635. The summed E-state index contributed by atoms with van der Waals surface area (Å²) in [6.45, 7) is 4.02. The quantitative estimate of drug-likeness (QED) is 0.716. The van der Waals surface area contributed by atoms with Crippen molar-refractivity contribution in [1.29, 1.82) is 0 Å². The standard InChI is InChI=1S/C12H10Br2N2S/c1-6-3-4-8(9(13)5-6)11-15-7(2)10(14)12(17)16-11/h3-5H,1-2H3,(H,15,16,17). The lowest BCUT2D eigenvalue weighted by atomic mass is 10.1. The third kappa shape index (κ3) is 2.67. The Morgan fingerprint density at radius 1 is 1.24 bits per heavy atom. The summed E-state index contributed by atoms with van der Waals surface area (Å²) in [4.78, 5) is 7.62. The molecule has 1 N–H and O–H groups in total. The number of rotatable bonds is 1. The first-order chi connectivity index (χ1) is 7.99. The first kappa shape index (κ1) is 12.9. The van der Waals surface area contributed by atoms with Crippen LogP contribution in [0.5, 0.6) is 0 Å². The van der Waals surface area contributed by atoms with Crippen molar-refractivity contribution in [2.75, 3.05) is 0 Å². The Morgan fingerprint density at radius 3 is 2.53 bits per heavy atom. The maximum Gasteiger partial charge on any atom is 0.144 e. The first-order valence-electron chi connectivity index (χ1n) is 5.02. The molecule has 5 heteroatoms. The van der Waals surface area contributed by atoms with Gasteiger partial charge in [0.25, 0.3) is 0 Å². The van der Waals surface area contributed by atoms with Crippen LogP contribution >= 0.6 is 44.1 Å². The van der Waals surface area contributed by atoms with Gasteiger partial charge in [-0.3, -0.25) is 0 Å². The average Bonchev–Trinajstić information content (AvgIpc) is 2.25. The van der Waals surface area contributed by atoms with E-state index in [0.29, 0.717) is 4.64 Å². The SMILES string of the molecule is Cc1ccc(-c2nc(=S)c(Br)c(C)[nH]2)c(Br)c1. The molecular weight excluding hydrogens is 364 g/mol. The highest BCUT2D eigenvalue weighted by Gasteiger charge is 2.08. The van der Waals surface area contributed by atoms with E-state index < -0.39 is 0 Å². The number of H-pyrrole nitrogens is 1. The molecule has 0 saturated carbocycles. The smallest absolute Gasteiger partial charge is 0.144 e. The summed E-state index contributed by atoms with van der Waals surface area (Å²) in [7, 11) is 0. The lowest BCUT2D eigenvalue weighted by molar-refractivity contribution is 1.08. The van der Waals surface area contributed by atoms with Crippen LogP contribution in [0.15, 0.2) is 27.1 Å². The number of nitrogens with one attached hydrogen (secondary N) is 1. The molecule has 0 aliphatic heterocycles. The largest absolute Gasteiger partial charge is 0.342 e. The van der Waals surface area contributed by atoms with Crippen LogP contribution in [0, 0.1) is 18.5 Å². The Morgan fingerprint density at radius 2 is 1.94 bits per heavy atom. The fourth-order valence-electron chi connectivity index (χ4n) is 1.51. The molecule has 1 aromatic carbocycles. The average molecular weight is 374 g/mol. The van der Waals surface area contributed by atoms with E-state index in [2.05, 4.69) is 60.9 Å². The van der Waals surface area contributed by atoms with Crippen LogP contribution in [0.2, 0.25) is 0 Å². The van der Waals surface area contributed by atoms with Gasteiger partial charge in [-0.15, -0.1) is 0 Å². The summed E-state index contributed by atoms with van der Waals surface area (Å²) in [6.07, 6.45) is 0. The van der Waals surface area contributed by atoms with Crippen molar-refractivity contribution < 1.29 is 0 Å². The second-order valence-corrected chi connectivity index (χ2v) is 5.85. The maximum absolute atomic E-state index is 5.20. The fourth-order valence-corrected chi connectivity index (χ4v) is 2.62. The third-order valence-electron chi connectivity index (χ3n) is 2.42. The number of hydrogen-bond donors (Lipinski definition) is 1. The Kier molecular flexibility index (Phi) is 3.80. The van der Waals surface area contributed by atoms with Gasteiger partial charge in [0.2, 0.25) is 0 Å². The minimum Gasteiger partial charge on any atom is -0.342 e. The van der Waals surface area contributed by atoms with Gasteiger partial charge < -0.3 is 4.98 Å². The molecule has 1 heterocycles. The number of nitrogens with zero attached hydrogens (tertiary/aromatic N) is 1. The molecule has 1 aromatic heterocycles. The summed E-state index contributed by atoms with van der Waals surface area (Å²) < 4.78 is 2.43. The van der Waals surface area contributed by atoms with Crippen LogP contribution < -0.4 is 0 Å². The summed E-state index contributed by atoms with van der Waals surface area (Å²) in [5.74, 6) is 0.780. The molecule has 0 amide bonds. The van der Waals surface area contributed by atoms with Gasteiger partial charge in [-0.2, -0.15) is 0 Å². The molecule has 2 nitrogen and oxygen atoms in total. The predicted molar refractivity (Wildman–Crippen MR) is 79.7 cm³/mol. The third-order valence-corrected chi connectivity index (χ3v) is 4.60. The van der Waals surface area contributed by atoms with Crippen molar-refractivity contribution in [2.45, 2.75) is 13.8 Å². The topological polar surface area (TPSA) is 28.7 Å². The molecule has 2 rings (SSSR count). The molecule has 0 aliphatic rings. The van der Waals surface area contributed by atoms with Crippen molar-refractivity contribution in [3.8, 4) is 11.4 Å². The van der Waals surface area contributed by atoms with E-state index in [1.54, 1.807) is 0 Å². The maximum atomic E-state index is 5.20. The molecule has 0 aliphatic carbocycles. The van der Waals surface area contributed by atoms with E-state index in [0.717, 1.165) is 26.0 Å². The highest BCUT2D eigenvalue weighted by molar-refractivity contribution is 9.11. The predicted octanol–water partition coefficient (Wildman–Crippen LogP) is 4.95. The number of aromatic nitrogens is 2. The summed E-state index contributed by atoms with van der Waals surface area (Å²) in [6, 6.07) is 6.14. The van der Waals surface area contributed by atoms with E-state index in [1.165, 1.54) is 5.56 Å². The number of aryl methyl sites for hydroxylation is 2. The first-order valence-corrected chi connectivity index (χ1v) is 7.01. The number of aromatic amines is 1. The van der Waals surface area contributed by atoms with Gasteiger partial charge in [0.1, 0.15) is 10.5 Å². The van der Waals surface area contributed by atoms with Gasteiger partial charge in [-0.25, -0.2) is 4.98 Å². The summed E-state index contributed by atoms with van der Waals surface area (Å²) in [5, 5.41) is 0. The van der Waals surface area contributed by atoms with Gasteiger partial charge in [0.05, 0.1) is 4.47 Å². The molecule has 17 heavy (non-hydrogen) atoms. The number of hydrogen-bond acceptors (Lipinski definition) is 2. The van der Waals surface area contributed by atoms with E-state index in [9.17, 15) is 0 Å². The molecule has 88 valence electrons. The lowest BCUT2D eigenvalue weighted by Crippen LogP contribution is -1.95. The van der Waals surface area contributed by atoms with Crippen LogP contribution in [0.3, 0.4) is 0 Å². The van der Waals surface area contributed by atoms with Gasteiger partial charge in [-0.05, 0) is 47.5 Å². The van der Waals surface area contributed by atoms with Crippen molar-refractivity contribution in [3.63, 3.8) is 0 Å². The Balaban J connectivity index is 2.65. The number of benzene rings is 1. The van der Waals surface area contributed by atoms with Gasteiger partial charge in [-0.1, -0.05) is 34.2 Å². The van der Waals surface area contributed by atoms with Crippen LogP contribution in [0.4, 0.5) is 0 Å². The fraction of sp³-hybridized carbons (Fsp3) is 0.167. The summed E-state index contributed by atoms with van der Waals surface area (Å²) >= 11 is 12.2. The minimum absolute atomic E-state index is 0.573. The molecule has 0 atom stereocenters. The zero-order valence-corrected chi connectivity index (χ0v) is 13.3. The monoisotopic (exact) mass is 372 g/mol. The second-order valence-electron chi connectivity index (χ2n) is 3.81. The highest BCUT2D eigenvalue weighted by Crippen LogP contribution is 2.28. The van der Waals surface area contributed by atoms with Crippen molar-refractivity contribution in [3.05, 3.63) is 43.0 Å². The Labute approximate surface area is 122 Å². The van der Waals surface area contributed by atoms with Gasteiger partial charge >= 0.3 is 0 Å². The minimum atomic E-state index is 0.573. The van der Waals surface area contributed by atoms with Crippen LogP contribution in [-0.2, 0) is 0 Å². The second kappa shape index (κ2) is 5.00. The number of halogens is 2. The molecule has 0 spiro atoms. The van der Waals surface area contributed by atoms with Crippen molar-refractivity contribution in [2.24, 2.45) is 0 Å². The molecule has 0 fully saturated rings. The van der Waals surface area contributed by atoms with Crippen LogP contribution in [0.25, 0.3) is 11.4 Å². The molecule has 0 unspecified atom stereocenters. The normalized spacial score (nSPS) is 10.6. The molecular formula is C12H10Br2N2S. The van der Waals surface area contributed by atoms with Gasteiger partial charge in [0, 0.05) is 15.7 Å². The molecule has 2 aromatic rings. The molecule has 0 bridgehead atoms.